The zero-order valence-electron chi connectivity index (χ0n) is 11.8. The van der Waals surface area contributed by atoms with Crippen molar-refractivity contribution in [1.82, 2.24) is 4.57 Å². The second-order valence-electron chi connectivity index (χ2n) is 4.58. The fourth-order valence-corrected chi connectivity index (χ4v) is 2.15. The predicted octanol–water partition coefficient (Wildman–Crippen LogP) is 4.08. The smallest absolute Gasteiger partial charge is 0.236 e. The first-order valence-electron chi connectivity index (χ1n) is 6.78. The Labute approximate surface area is 128 Å². The van der Waals surface area contributed by atoms with Crippen molar-refractivity contribution in [2.24, 2.45) is 0 Å². The maximum Gasteiger partial charge on any atom is 0.236 e. The minimum atomic E-state index is -0.211. The molecule has 0 aliphatic rings. The Balaban J connectivity index is 1.93. The molecule has 0 saturated carbocycles. The van der Waals surface area contributed by atoms with Crippen LogP contribution >= 0.6 is 0 Å². The van der Waals surface area contributed by atoms with Crippen molar-refractivity contribution in [2.75, 3.05) is 0 Å². The molecule has 0 saturated heterocycles. The molecule has 0 atom stereocenters. The van der Waals surface area contributed by atoms with E-state index < -0.39 is 0 Å². The van der Waals surface area contributed by atoms with E-state index in [1.165, 1.54) is 0 Å². The Hall–Kier alpha value is -3.25. The van der Waals surface area contributed by atoms with Crippen LogP contribution in [-0.4, -0.2) is 10.4 Å². The molecule has 2 aromatic heterocycles. The van der Waals surface area contributed by atoms with E-state index in [1.54, 1.807) is 29.2 Å². The molecule has 1 aromatic carbocycles. The maximum atomic E-state index is 12.0. The number of aromatic nitrogens is 1. The van der Waals surface area contributed by atoms with Gasteiger partial charge in [-0.1, -0.05) is 36.9 Å². The summed E-state index contributed by atoms with van der Waals surface area (Å²) in [6.45, 7) is 3.79. The molecule has 0 radical (unpaired) electrons. The second-order valence-corrected chi connectivity index (χ2v) is 4.58. The molecule has 0 bridgehead atoms. The molecule has 22 heavy (non-hydrogen) atoms. The van der Waals surface area contributed by atoms with Crippen LogP contribution in [0.15, 0.2) is 71.9 Å². The summed E-state index contributed by atoms with van der Waals surface area (Å²) in [6.07, 6.45) is 3.26. The van der Waals surface area contributed by atoms with Crippen molar-refractivity contribution in [2.45, 2.75) is 0 Å². The lowest BCUT2D eigenvalue weighted by Gasteiger charge is -2.01. The first-order valence-corrected chi connectivity index (χ1v) is 6.78. The fourth-order valence-electron chi connectivity index (χ4n) is 2.15. The molecule has 106 valence electrons. The van der Waals surface area contributed by atoms with E-state index in [1.807, 2.05) is 42.5 Å². The molecule has 0 amide bonds. The van der Waals surface area contributed by atoms with Crippen molar-refractivity contribution in [1.29, 1.82) is 0 Å². The van der Waals surface area contributed by atoms with Gasteiger partial charge in [-0.05, 0) is 36.1 Å². The first kappa shape index (κ1) is 13.7. The van der Waals surface area contributed by atoms with Gasteiger partial charge in [-0.15, -0.1) is 0 Å². The number of carbonyl (C=O) groups is 1. The van der Waals surface area contributed by atoms with E-state index in [2.05, 4.69) is 18.4 Å². The largest absolute Gasteiger partial charge is 0.463 e. The SMILES string of the molecule is C=Cn1c(C#CC(=O)c2ccccc2)ccc1-c1ccco1. The van der Waals surface area contributed by atoms with Crippen molar-refractivity contribution >= 4 is 12.0 Å². The summed E-state index contributed by atoms with van der Waals surface area (Å²) in [5.74, 6) is 6.07. The van der Waals surface area contributed by atoms with E-state index in [0.717, 1.165) is 11.5 Å². The van der Waals surface area contributed by atoms with Crippen LogP contribution in [0.25, 0.3) is 17.7 Å². The Morgan fingerprint density at radius 2 is 1.91 bits per heavy atom. The monoisotopic (exact) mass is 287 g/mol. The highest BCUT2D eigenvalue weighted by molar-refractivity contribution is 6.09. The van der Waals surface area contributed by atoms with E-state index in [9.17, 15) is 4.79 Å². The molecule has 3 aromatic rings. The van der Waals surface area contributed by atoms with Crippen LogP contribution in [0.4, 0.5) is 0 Å². The van der Waals surface area contributed by atoms with Crippen molar-refractivity contribution in [3.05, 3.63) is 78.7 Å². The van der Waals surface area contributed by atoms with Crippen LogP contribution < -0.4 is 0 Å². The quantitative estimate of drug-likeness (QED) is 0.537. The van der Waals surface area contributed by atoms with Gasteiger partial charge in [0, 0.05) is 11.8 Å². The molecule has 3 heteroatoms. The van der Waals surface area contributed by atoms with Crippen LogP contribution in [-0.2, 0) is 0 Å². The highest BCUT2D eigenvalue weighted by Crippen LogP contribution is 2.23. The third kappa shape index (κ3) is 2.63. The van der Waals surface area contributed by atoms with Gasteiger partial charge < -0.3 is 8.98 Å². The zero-order chi connectivity index (χ0) is 15.4. The molecule has 0 aliphatic heterocycles. The van der Waals surface area contributed by atoms with Crippen molar-refractivity contribution in [3.63, 3.8) is 0 Å². The topological polar surface area (TPSA) is 35.1 Å². The highest BCUT2D eigenvalue weighted by atomic mass is 16.3. The third-order valence-electron chi connectivity index (χ3n) is 3.21. The number of nitrogens with zero attached hydrogens (tertiary/aromatic N) is 1. The summed E-state index contributed by atoms with van der Waals surface area (Å²) in [7, 11) is 0. The van der Waals surface area contributed by atoms with Crippen molar-refractivity contribution in [3.8, 4) is 23.3 Å². The molecule has 0 N–H and O–H groups in total. The number of furan rings is 1. The lowest BCUT2D eigenvalue weighted by molar-refractivity contribution is 0.105. The van der Waals surface area contributed by atoms with E-state index in [0.29, 0.717) is 11.3 Å². The molecular formula is C19H13NO2. The third-order valence-corrected chi connectivity index (χ3v) is 3.21. The summed E-state index contributed by atoms with van der Waals surface area (Å²) in [6, 6.07) is 16.4. The van der Waals surface area contributed by atoms with Gasteiger partial charge in [0.05, 0.1) is 17.7 Å². The summed E-state index contributed by atoms with van der Waals surface area (Å²) in [4.78, 5) is 12.0. The zero-order valence-corrected chi connectivity index (χ0v) is 11.8. The minimum absolute atomic E-state index is 0.211. The number of ketones is 1. The van der Waals surface area contributed by atoms with Crippen LogP contribution in [0.1, 0.15) is 16.1 Å². The molecule has 3 nitrogen and oxygen atoms in total. The van der Waals surface area contributed by atoms with Gasteiger partial charge in [0.2, 0.25) is 5.78 Å². The summed E-state index contributed by atoms with van der Waals surface area (Å²) >= 11 is 0. The molecule has 0 spiro atoms. The number of benzene rings is 1. The number of rotatable bonds is 3. The van der Waals surface area contributed by atoms with Gasteiger partial charge >= 0.3 is 0 Å². The Kier molecular flexibility index (Phi) is 3.76. The van der Waals surface area contributed by atoms with Crippen LogP contribution in [0.3, 0.4) is 0 Å². The van der Waals surface area contributed by atoms with Gasteiger partial charge in [0.25, 0.3) is 0 Å². The molecule has 3 rings (SSSR count). The van der Waals surface area contributed by atoms with Crippen molar-refractivity contribution < 1.29 is 9.21 Å². The maximum absolute atomic E-state index is 12.0. The van der Waals surface area contributed by atoms with E-state index >= 15 is 0 Å². The summed E-state index contributed by atoms with van der Waals surface area (Å²) in [5.41, 5.74) is 2.11. The predicted molar refractivity (Wildman–Crippen MR) is 86.2 cm³/mol. The Morgan fingerprint density at radius 1 is 1.09 bits per heavy atom. The van der Waals surface area contributed by atoms with Gasteiger partial charge in [0.1, 0.15) is 0 Å². The normalized spacial score (nSPS) is 9.82. The lowest BCUT2D eigenvalue weighted by atomic mass is 10.1. The molecule has 0 fully saturated rings. The highest BCUT2D eigenvalue weighted by Gasteiger charge is 2.09. The average molecular weight is 287 g/mol. The standard InChI is InChI=1S/C19H13NO2/c1-2-20-16(10-12-17(20)19-9-6-14-22-19)11-13-18(21)15-7-4-3-5-8-15/h2-10,12,14H,1H2. The lowest BCUT2D eigenvalue weighted by Crippen LogP contribution is -1.96. The Morgan fingerprint density at radius 3 is 2.59 bits per heavy atom. The molecule has 2 heterocycles. The van der Waals surface area contributed by atoms with Gasteiger partial charge in [-0.2, -0.15) is 0 Å². The molecule has 0 unspecified atom stereocenters. The molecule has 0 aliphatic carbocycles. The molecular weight excluding hydrogens is 274 g/mol. The van der Waals surface area contributed by atoms with Gasteiger partial charge in [0.15, 0.2) is 5.76 Å². The van der Waals surface area contributed by atoms with E-state index in [-0.39, 0.29) is 5.78 Å². The van der Waals surface area contributed by atoms with Gasteiger partial charge in [-0.3, -0.25) is 4.79 Å². The van der Waals surface area contributed by atoms with Gasteiger partial charge in [-0.25, -0.2) is 0 Å². The second kappa shape index (κ2) is 6.02. The minimum Gasteiger partial charge on any atom is -0.463 e. The van der Waals surface area contributed by atoms with Crippen LogP contribution in [0.2, 0.25) is 0 Å². The summed E-state index contributed by atoms with van der Waals surface area (Å²) in [5, 5.41) is 0. The number of carbonyl (C=O) groups excluding carboxylic acids is 1. The first-order chi connectivity index (χ1) is 10.8. The Bertz CT molecular complexity index is 859. The number of hydrogen-bond donors (Lipinski definition) is 0. The summed E-state index contributed by atoms with van der Waals surface area (Å²) < 4.78 is 7.18. The fraction of sp³-hybridized carbons (Fsp3) is 0. The average Bonchev–Trinajstić information content (AvgIpc) is 3.22. The van der Waals surface area contributed by atoms with Crippen LogP contribution in [0.5, 0.6) is 0 Å². The number of hydrogen-bond acceptors (Lipinski definition) is 2. The number of Topliss-reactive ketones (excluding diaryl/α,β-unsaturated/α-hetero) is 1. The van der Waals surface area contributed by atoms with Crippen LogP contribution in [0, 0.1) is 11.8 Å². The van der Waals surface area contributed by atoms with E-state index in [4.69, 9.17) is 4.42 Å².